The fourth-order valence-corrected chi connectivity index (χ4v) is 1.63. The maximum Gasteiger partial charge on any atom is 0.319 e. The van der Waals surface area contributed by atoms with E-state index in [0.717, 1.165) is 24.2 Å². The van der Waals surface area contributed by atoms with Crippen molar-refractivity contribution in [1.82, 2.24) is 5.32 Å². The summed E-state index contributed by atoms with van der Waals surface area (Å²) in [5.41, 5.74) is 1.11. The molecule has 0 aromatic heterocycles. The molecule has 0 spiro atoms. The molecule has 1 aromatic carbocycles. The second kappa shape index (κ2) is 8.53. The molecule has 0 amide bonds. The van der Waals surface area contributed by atoms with Gasteiger partial charge in [-0.15, -0.1) is 0 Å². The van der Waals surface area contributed by atoms with E-state index in [2.05, 4.69) is 12.2 Å². The molecule has 4 heteroatoms. The lowest BCUT2D eigenvalue weighted by molar-refractivity contribution is -0.142. The maximum absolute atomic E-state index is 11.4. The summed E-state index contributed by atoms with van der Waals surface area (Å²) in [7, 11) is 1.64. The molecule has 0 aliphatic carbocycles. The van der Waals surface area contributed by atoms with Gasteiger partial charge in [0.25, 0.3) is 0 Å². The first kappa shape index (κ1) is 15.5. The van der Waals surface area contributed by atoms with Crippen LogP contribution in [0.15, 0.2) is 24.3 Å². The van der Waals surface area contributed by atoms with Gasteiger partial charge in [0.1, 0.15) is 5.75 Å². The fraction of sp³-hybridized carbons (Fsp3) is 0.533. The van der Waals surface area contributed by atoms with Gasteiger partial charge in [-0.25, -0.2) is 0 Å². The molecule has 1 aromatic rings. The highest BCUT2D eigenvalue weighted by Crippen LogP contribution is 2.16. The number of hydrogen-bond acceptors (Lipinski definition) is 4. The molecule has 0 bridgehead atoms. The number of carbonyl (C=O) groups excluding carboxylic acids is 1. The molecule has 1 unspecified atom stereocenters. The van der Waals surface area contributed by atoms with E-state index in [4.69, 9.17) is 9.47 Å². The van der Waals surface area contributed by atoms with E-state index < -0.39 is 0 Å². The fourth-order valence-electron chi connectivity index (χ4n) is 1.63. The van der Waals surface area contributed by atoms with Gasteiger partial charge in [0.15, 0.2) is 0 Å². The molecule has 1 N–H and O–H groups in total. The number of unbranched alkanes of at least 4 members (excludes halogenated alkanes) is 1. The standard InChI is InChI=1S/C15H23NO3/c1-4-5-10-19-15(17)11-16-12(2)13-6-8-14(18-3)9-7-13/h6-9,12,16H,4-5,10-11H2,1-3H3. The molecular formula is C15H23NO3. The summed E-state index contributed by atoms with van der Waals surface area (Å²) in [5.74, 6) is 0.628. The van der Waals surface area contributed by atoms with Crippen LogP contribution in [0.25, 0.3) is 0 Å². The first-order valence-corrected chi connectivity index (χ1v) is 6.70. The zero-order valence-corrected chi connectivity index (χ0v) is 11.9. The van der Waals surface area contributed by atoms with Gasteiger partial charge < -0.3 is 14.8 Å². The Bertz CT molecular complexity index is 375. The Kier molecular flexibility index (Phi) is 6.97. The number of ether oxygens (including phenoxy) is 2. The van der Waals surface area contributed by atoms with Gasteiger partial charge >= 0.3 is 5.97 Å². The van der Waals surface area contributed by atoms with Gasteiger partial charge in [-0.05, 0) is 31.0 Å². The Hall–Kier alpha value is -1.55. The van der Waals surface area contributed by atoms with E-state index in [9.17, 15) is 4.79 Å². The predicted molar refractivity (Wildman–Crippen MR) is 75.3 cm³/mol. The van der Waals surface area contributed by atoms with Crippen LogP contribution in [-0.4, -0.2) is 26.2 Å². The average molecular weight is 265 g/mol. The Morgan fingerprint density at radius 3 is 2.58 bits per heavy atom. The summed E-state index contributed by atoms with van der Waals surface area (Å²) >= 11 is 0. The van der Waals surface area contributed by atoms with Crippen LogP contribution in [0.3, 0.4) is 0 Å². The lowest BCUT2D eigenvalue weighted by Crippen LogP contribution is -2.27. The second-order valence-corrected chi connectivity index (χ2v) is 4.45. The molecule has 4 nitrogen and oxygen atoms in total. The van der Waals surface area contributed by atoms with Crippen LogP contribution in [0, 0.1) is 0 Å². The van der Waals surface area contributed by atoms with Crippen LogP contribution < -0.4 is 10.1 Å². The van der Waals surface area contributed by atoms with Crippen molar-refractivity contribution >= 4 is 5.97 Å². The van der Waals surface area contributed by atoms with E-state index in [0.29, 0.717) is 6.61 Å². The number of hydrogen-bond donors (Lipinski definition) is 1. The average Bonchev–Trinajstić information content (AvgIpc) is 2.45. The van der Waals surface area contributed by atoms with Crippen LogP contribution in [0.4, 0.5) is 0 Å². The van der Waals surface area contributed by atoms with Gasteiger partial charge in [0, 0.05) is 6.04 Å². The number of rotatable bonds is 8. The zero-order chi connectivity index (χ0) is 14.1. The third-order valence-corrected chi connectivity index (χ3v) is 2.93. The molecule has 0 radical (unpaired) electrons. The van der Waals surface area contributed by atoms with Crippen molar-refractivity contribution in [2.75, 3.05) is 20.3 Å². The number of nitrogens with one attached hydrogen (secondary N) is 1. The number of esters is 1. The molecule has 0 saturated heterocycles. The minimum atomic E-state index is -0.200. The van der Waals surface area contributed by atoms with Crippen molar-refractivity contribution in [3.05, 3.63) is 29.8 Å². The van der Waals surface area contributed by atoms with E-state index in [1.54, 1.807) is 7.11 Å². The monoisotopic (exact) mass is 265 g/mol. The Balaban J connectivity index is 2.33. The second-order valence-electron chi connectivity index (χ2n) is 4.45. The van der Waals surface area contributed by atoms with Gasteiger partial charge in [-0.2, -0.15) is 0 Å². The molecule has 0 aliphatic heterocycles. The van der Waals surface area contributed by atoms with Gasteiger partial charge in [0.05, 0.1) is 20.3 Å². The topological polar surface area (TPSA) is 47.6 Å². The molecule has 0 saturated carbocycles. The first-order valence-electron chi connectivity index (χ1n) is 6.70. The van der Waals surface area contributed by atoms with E-state index >= 15 is 0 Å². The van der Waals surface area contributed by atoms with Crippen LogP contribution in [0.2, 0.25) is 0 Å². The predicted octanol–water partition coefficient (Wildman–Crippen LogP) is 2.69. The highest BCUT2D eigenvalue weighted by molar-refractivity contribution is 5.71. The summed E-state index contributed by atoms with van der Waals surface area (Å²) in [5, 5.41) is 3.15. The smallest absolute Gasteiger partial charge is 0.319 e. The Morgan fingerprint density at radius 1 is 1.32 bits per heavy atom. The van der Waals surface area contributed by atoms with Crippen LogP contribution in [0.5, 0.6) is 5.75 Å². The third kappa shape index (κ3) is 5.75. The third-order valence-electron chi connectivity index (χ3n) is 2.93. The minimum absolute atomic E-state index is 0.102. The molecular weight excluding hydrogens is 242 g/mol. The summed E-state index contributed by atoms with van der Waals surface area (Å²) in [6, 6.07) is 7.89. The molecule has 19 heavy (non-hydrogen) atoms. The first-order chi connectivity index (χ1) is 9.17. The van der Waals surface area contributed by atoms with E-state index in [1.807, 2.05) is 31.2 Å². The lowest BCUT2D eigenvalue weighted by atomic mass is 10.1. The largest absolute Gasteiger partial charge is 0.497 e. The highest BCUT2D eigenvalue weighted by atomic mass is 16.5. The summed E-state index contributed by atoms with van der Waals surface area (Å²) in [4.78, 5) is 11.4. The molecule has 0 aliphatic rings. The quantitative estimate of drug-likeness (QED) is 0.580. The van der Waals surface area contributed by atoms with Crippen molar-refractivity contribution < 1.29 is 14.3 Å². The molecule has 0 heterocycles. The van der Waals surface area contributed by atoms with Gasteiger partial charge in [-0.3, -0.25) is 4.79 Å². The van der Waals surface area contributed by atoms with Crippen molar-refractivity contribution in [3.8, 4) is 5.75 Å². The normalized spacial score (nSPS) is 11.9. The number of carbonyl (C=O) groups is 1. The van der Waals surface area contributed by atoms with Crippen molar-refractivity contribution in [2.24, 2.45) is 0 Å². The summed E-state index contributed by atoms with van der Waals surface area (Å²) in [6.07, 6.45) is 1.95. The van der Waals surface area contributed by atoms with Crippen molar-refractivity contribution in [1.29, 1.82) is 0 Å². The van der Waals surface area contributed by atoms with Crippen LogP contribution >= 0.6 is 0 Å². The minimum Gasteiger partial charge on any atom is -0.497 e. The van der Waals surface area contributed by atoms with Gasteiger partial charge in [-0.1, -0.05) is 25.5 Å². The molecule has 0 fully saturated rings. The molecule has 1 rings (SSSR count). The van der Waals surface area contributed by atoms with Gasteiger partial charge in [0.2, 0.25) is 0 Å². The zero-order valence-electron chi connectivity index (χ0n) is 11.9. The number of benzene rings is 1. The Labute approximate surface area is 115 Å². The van der Waals surface area contributed by atoms with E-state index in [-0.39, 0.29) is 18.6 Å². The highest BCUT2D eigenvalue weighted by Gasteiger charge is 2.08. The van der Waals surface area contributed by atoms with Crippen molar-refractivity contribution in [3.63, 3.8) is 0 Å². The Morgan fingerprint density at radius 2 is 2.00 bits per heavy atom. The summed E-state index contributed by atoms with van der Waals surface area (Å²) in [6.45, 7) is 4.82. The molecule has 106 valence electrons. The van der Waals surface area contributed by atoms with E-state index in [1.165, 1.54) is 0 Å². The van der Waals surface area contributed by atoms with Crippen LogP contribution in [-0.2, 0) is 9.53 Å². The molecule has 1 atom stereocenters. The van der Waals surface area contributed by atoms with Crippen molar-refractivity contribution in [2.45, 2.75) is 32.7 Å². The maximum atomic E-state index is 11.4. The van der Waals surface area contributed by atoms with Crippen LogP contribution in [0.1, 0.15) is 38.3 Å². The SMILES string of the molecule is CCCCOC(=O)CNC(C)c1ccc(OC)cc1. The lowest BCUT2D eigenvalue weighted by Gasteiger charge is -2.14. The summed E-state index contributed by atoms with van der Waals surface area (Å²) < 4.78 is 10.2. The number of methoxy groups -OCH3 is 1.